The molecule has 0 spiro atoms. The summed E-state index contributed by atoms with van der Waals surface area (Å²) in [4.78, 5) is 19.9. The number of anilines is 1. The number of carboxylic acid groups (broad SMARTS) is 1. The zero-order valence-electron chi connectivity index (χ0n) is 10.8. The van der Waals surface area contributed by atoms with Gasteiger partial charge >= 0.3 is 5.97 Å². The second kappa shape index (κ2) is 5.88. The molecule has 1 aromatic carbocycles. The van der Waals surface area contributed by atoms with Crippen molar-refractivity contribution in [2.45, 2.75) is 24.5 Å². The molecule has 2 rings (SSSR count). The molecule has 1 unspecified atom stereocenters. The van der Waals surface area contributed by atoms with Crippen LogP contribution in [0, 0.1) is 0 Å². The molecule has 0 saturated heterocycles. The first kappa shape index (κ1) is 13.6. The molecule has 1 aromatic heterocycles. The highest BCUT2D eigenvalue weighted by atomic mass is 32.2. The van der Waals surface area contributed by atoms with E-state index in [1.165, 1.54) is 11.8 Å². The third-order valence-electron chi connectivity index (χ3n) is 2.78. The number of thioether (sulfide) groups is 1. The Hall–Kier alpha value is -1.82. The zero-order valence-corrected chi connectivity index (χ0v) is 11.6. The SMILES string of the molecule is CCC(Nc1nc(SC)nc2ccccc12)C(=O)O. The summed E-state index contributed by atoms with van der Waals surface area (Å²) in [7, 11) is 0. The summed E-state index contributed by atoms with van der Waals surface area (Å²) in [5, 5.41) is 13.6. The number of rotatable bonds is 5. The Kier molecular flexibility index (Phi) is 4.21. The van der Waals surface area contributed by atoms with Gasteiger partial charge in [-0.3, -0.25) is 0 Å². The Labute approximate surface area is 115 Å². The lowest BCUT2D eigenvalue weighted by molar-refractivity contribution is -0.137. The number of carboxylic acids is 1. The van der Waals surface area contributed by atoms with Gasteiger partial charge in [0.25, 0.3) is 0 Å². The molecule has 5 nitrogen and oxygen atoms in total. The minimum atomic E-state index is -0.879. The molecule has 1 heterocycles. The molecular weight excluding hydrogens is 262 g/mol. The van der Waals surface area contributed by atoms with Crippen LogP contribution in [0.25, 0.3) is 10.9 Å². The number of nitrogens with one attached hydrogen (secondary N) is 1. The van der Waals surface area contributed by atoms with E-state index in [-0.39, 0.29) is 0 Å². The number of hydrogen-bond acceptors (Lipinski definition) is 5. The van der Waals surface area contributed by atoms with Crippen molar-refractivity contribution in [3.05, 3.63) is 24.3 Å². The predicted molar refractivity (Wildman–Crippen MR) is 76.7 cm³/mol. The number of carbonyl (C=O) groups is 1. The summed E-state index contributed by atoms with van der Waals surface area (Å²) in [6, 6.07) is 6.92. The molecule has 6 heteroatoms. The predicted octanol–water partition coefficient (Wildman–Crippen LogP) is 2.63. The minimum absolute atomic E-state index is 0.488. The van der Waals surface area contributed by atoms with Gasteiger partial charge in [0.2, 0.25) is 0 Å². The molecule has 19 heavy (non-hydrogen) atoms. The van der Waals surface area contributed by atoms with Crippen LogP contribution in [0.15, 0.2) is 29.4 Å². The largest absolute Gasteiger partial charge is 0.480 e. The van der Waals surface area contributed by atoms with Gasteiger partial charge in [0.1, 0.15) is 11.9 Å². The zero-order chi connectivity index (χ0) is 13.8. The number of benzene rings is 1. The van der Waals surface area contributed by atoms with E-state index >= 15 is 0 Å². The quantitative estimate of drug-likeness (QED) is 0.646. The number of para-hydroxylation sites is 1. The van der Waals surface area contributed by atoms with Crippen molar-refractivity contribution in [3.8, 4) is 0 Å². The van der Waals surface area contributed by atoms with E-state index in [1.54, 1.807) is 0 Å². The molecule has 2 aromatic rings. The average molecular weight is 277 g/mol. The molecule has 0 bridgehead atoms. The van der Waals surface area contributed by atoms with Crippen molar-refractivity contribution in [3.63, 3.8) is 0 Å². The van der Waals surface area contributed by atoms with E-state index < -0.39 is 12.0 Å². The Morgan fingerprint density at radius 3 is 2.79 bits per heavy atom. The van der Waals surface area contributed by atoms with Crippen molar-refractivity contribution in [2.75, 3.05) is 11.6 Å². The van der Waals surface area contributed by atoms with E-state index in [0.717, 1.165) is 10.9 Å². The molecule has 0 radical (unpaired) electrons. The lowest BCUT2D eigenvalue weighted by Crippen LogP contribution is -2.28. The average Bonchev–Trinajstić information content (AvgIpc) is 2.43. The third kappa shape index (κ3) is 2.96. The first-order valence-corrected chi connectivity index (χ1v) is 7.18. The maximum Gasteiger partial charge on any atom is 0.326 e. The maximum atomic E-state index is 11.1. The van der Waals surface area contributed by atoms with Gasteiger partial charge in [-0.05, 0) is 24.8 Å². The first-order chi connectivity index (χ1) is 9.15. The topological polar surface area (TPSA) is 75.1 Å². The van der Waals surface area contributed by atoms with Crippen molar-refractivity contribution < 1.29 is 9.90 Å². The normalized spacial score (nSPS) is 12.3. The van der Waals surface area contributed by atoms with Crippen molar-refractivity contribution in [2.24, 2.45) is 0 Å². The lowest BCUT2D eigenvalue weighted by Gasteiger charge is -2.15. The summed E-state index contributed by atoms with van der Waals surface area (Å²) in [6.45, 7) is 1.82. The minimum Gasteiger partial charge on any atom is -0.480 e. The number of aliphatic carboxylic acids is 1. The van der Waals surface area contributed by atoms with Crippen LogP contribution in [0.5, 0.6) is 0 Å². The summed E-state index contributed by atoms with van der Waals surface area (Å²) < 4.78 is 0. The highest BCUT2D eigenvalue weighted by Gasteiger charge is 2.17. The van der Waals surface area contributed by atoms with Crippen LogP contribution < -0.4 is 5.32 Å². The Balaban J connectivity index is 2.48. The molecular formula is C13H15N3O2S. The van der Waals surface area contributed by atoms with E-state index in [2.05, 4.69) is 15.3 Å². The molecule has 2 N–H and O–H groups in total. The molecule has 0 aliphatic carbocycles. The van der Waals surface area contributed by atoms with Gasteiger partial charge < -0.3 is 10.4 Å². The van der Waals surface area contributed by atoms with E-state index in [0.29, 0.717) is 17.4 Å². The van der Waals surface area contributed by atoms with Crippen LogP contribution in [0.3, 0.4) is 0 Å². The smallest absolute Gasteiger partial charge is 0.326 e. The second-order valence-corrected chi connectivity index (χ2v) is 4.79. The van der Waals surface area contributed by atoms with Gasteiger partial charge in [0, 0.05) is 5.39 Å². The highest BCUT2D eigenvalue weighted by molar-refractivity contribution is 7.98. The van der Waals surface area contributed by atoms with Gasteiger partial charge in [0.05, 0.1) is 5.52 Å². The number of hydrogen-bond donors (Lipinski definition) is 2. The van der Waals surface area contributed by atoms with Crippen molar-refractivity contribution in [1.82, 2.24) is 9.97 Å². The third-order valence-corrected chi connectivity index (χ3v) is 3.33. The summed E-state index contributed by atoms with van der Waals surface area (Å²) >= 11 is 1.43. The highest BCUT2D eigenvalue weighted by Crippen LogP contribution is 2.24. The molecule has 0 saturated carbocycles. The van der Waals surface area contributed by atoms with Gasteiger partial charge in [-0.15, -0.1) is 0 Å². The fourth-order valence-corrected chi connectivity index (χ4v) is 2.13. The monoisotopic (exact) mass is 277 g/mol. The van der Waals surface area contributed by atoms with Crippen LogP contribution in [0.2, 0.25) is 0 Å². The Bertz CT molecular complexity index is 603. The van der Waals surface area contributed by atoms with Crippen LogP contribution in [0.4, 0.5) is 5.82 Å². The molecule has 0 aliphatic heterocycles. The second-order valence-electron chi connectivity index (χ2n) is 4.02. The number of fused-ring (bicyclic) bond motifs is 1. The standard InChI is InChI=1S/C13H15N3O2S/c1-3-9(12(17)18)14-11-8-6-4-5-7-10(8)15-13(16-11)19-2/h4-7,9H,3H2,1-2H3,(H,17,18)(H,14,15,16). The molecule has 0 aliphatic rings. The van der Waals surface area contributed by atoms with Crippen LogP contribution in [-0.2, 0) is 4.79 Å². The van der Waals surface area contributed by atoms with E-state index in [1.807, 2.05) is 37.4 Å². The fourth-order valence-electron chi connectivity index (χ4n) is 1.76. The Morgan fingerprint density at radius 1 is 1.42 bits per heavy atom. The van der Waals surface area contributed by atoms with Crippen molar-refractivity contribution in [1.29, 1.82) is 0 Å². The Morgan fingerprint density at radius 2 is 2.16 bits per heavy atom. The van der Waals surface area contributed by atoms with Crippen LogP contribution >= 0.6 is 11.8 Å². The van der Waals surface area contributed by atoms with E-state index in [4.69, 9.17) is 5.11 Å². The fraction of sp³-hybridized carbons (Fsp3) is 0.308. The number of nitrogens with zero attached hydrogens (tertiary/aromatic N) is 2. The van der Waals surface area contributed by atoms with Crippen LogP contribution in [0.1, 0.15) is 13.3 Å². The van der Waals surface area contributed by atoms with Crippen molar-refractivity contribution >= 4 is 34.5 Å². The molecule has 1 atom stereocenters. The summed E-state index contributed by atoms with van der Waals surface area (Å²) in [5.74, 6) is -0.305. The molecule has 100 valence electrons. The summed E-state index contributed by atoms with van der Waals surface area (Å²) in [6.07, 6.45) is 2.38. The van der Waals surface area contributed by atoms with Gasteiger partial charge in [-0.1, -0.05) is 30.8 Å². The first-order valence-electron chi connectivity index (χ1n) is 5.95. The van der Waals surface area contributed by atoms with Gasteiger partial charge in [-0.2, -0.15) is 0 Å². The lowest BCUT2D eigenvalue weighted by atomic mass is 10.2. The van der Waals surface area contributed by atoms with Crippen LogP contribution in [-0.4, -0.2) is 33.3 Å². The molecule has 0 fully saturated rings. The maximum absolute atomic E-state index is 11.1. The number of aromatic nitrogens is 2. The molecule has 0 amide bonds. The van der Waals surface area contributed by atoms with Gasteiger partial charge in [0.15, 0.2) is 5.16 Å². The van der Waals surface area contributed by atoms with Gasteiger partial charge in [-0.25, -0.2) is 14.8 Å². The summed E-state index contributed by atoms with van der Waals surface area (Å²) in [5.41, 5.74) is 0.810. The van der Waals surface area contributed by atoms with E-state index in [9.17, 15) is 4.79 Å².